The molecule has 1 unspecified atom stereocenters. The van der Waals surface area contributed by atoms with Crippen LogP contribution in [-0.4, -0.2) is 11.2 Å². The molecule has 1 aliphatic rings. The zero-order valence-corrected chi connectivity index (χ0v) is 10.3. The van der Waals surface area contributed by atoms with Gasteiger partial charge in [-0.25, -0.2) is 8.78 Å². The Morgan fingerprint density at radius 3 is 2.53 bits per heavy atom. The van der Waals surface area contributed by atoms with Crippen LogP contribution < -0.4 is 5.73 Å². The van der Waals surface area contributed by atoms with Crippen molar-refractivity contribution in [3.05, 3.63) is 35.6 Å². The Bertz CT molecular complexity index is 405. The molecule has 0 radical (unpaired) electrons. The minimum Gasteiger partial charge on any atom is -0.325 e. The summed E-state index contributed by atoms with van der Waals surface area (Å²) in [5.41, 5.74) is 5.14. The van der Waals surface area contributed by atoms with Gasteiger partial charge in [0.2, 0.25) is 0 Å². The van der Waals surface area contributed by atoms with Crippen molar-refractivity contribution in [3.63, 3.8) is 0 Å². The molecule has 1 saturated carbocycles. The van der Waals surface area contributed by atoms with E-state index in [4.69, 9.17) is 5.73 Å². The van der Waals surface area contributed by atoms with Crippen molar-refractivity contribution in [2.75, 3.05) is 0 Å². The summed E-state index contributed by atoms with van der Waals surface area (Å²) in [6.07, 6.45) is 2.46. The van der Waals surface area contributed by atoms with Gasteiger partial charge in [0.25, 0.3) is 0 Å². The summed E-state index contributed by atoms with van der Waals surface area (Å²) in [6, 6.07) is 6.19. The third kappa shape index (κ3) is 3.03. The fourth-order valence-electron chi connectivity index (χ4n) is 2.25. The molecule has 2 rings (SSSR count). The fourth-order valence-corrected chi connectivity index (χ4v) is 2.25. The quantitative estimate of drug-likeness (QED) is 0.854. The van der Waals surface area contributed by atoms with Gasteiger partial charge in [-0.3, -0.25) is 0 Å². The van der Waals surface area contributed by atoms with E-state index >= 15 is 0 Å². The van der Waals surface area contributed by atoms with Crippen LogP contribution in [-0.2, 0) is 0 Å². The van der Waals surface area contributed by atoms with E-state index in [0.717, 1.165) is 12.8 Å². The summed E-state index contributed by atoms with van der Waals surface area (Å²) < 4.78 is 27.5. The molecular weight excluding hydrogens is 220 g/mol. The highest BCUT2D eigenvalue weighted by atomic mass is 19.1. The SMILES string of the molecule is CC(C)(F)C(CC1(N)CC1)c1cccc(F)c1. The molecule has 1 aromatic carbocycles. The number of nitrogens with two attached hydrogens (primary N) is 1. The first-order valence-electron chi connectivity index (χ1n) is 6.03. The smallest absolute Gasteiger partial charge is 0.123 e. The zero-order valence-electron chi connectivity index (χ0n) is 10.3. The van der Waals surface area contributed by atoms with Crippen molar-refractivity contribution < 1.29 is 8.78 Å². The molecule has 0 heterocycles. The van der Waals surface area contributed by atoms with E-state index in [1.54, 1.807) is 12.1 Å². The van der Waals surface area contributed by atoms with Gasteiger partial charge in [-0.15, -0.1) is 0 Å². The third-order valence-corrected chi connectivity index (χ3v) is 3.58. The van der Waals surface area contributed by atoms with Crippen LogP contribution >= 0.6 is 0 Å². The van der Waals surface area contributed by atoms with E-state index in [1.807, 2.05) is 0 Å². The summed E-state index contributed by atoms with van der Waals surface area (Å²) >= 11 is 0. The van der Waals surface area contributed by atoms with E-state index in [2.05, 4.69) is 0 Å². The van der Waals surface area contributed by atoms with Gasteiger partial charge < -0.3 is 5.73 Å². The maximum Gasteiger partial charge on any atom is 0.123 e. The molecule has 17 heavy (non-hydrogen) atoms. The van der Waals surface area contributed by atoms with E-state index in [0.29, 0.717) is 12.0 Å². The lowest BCUT2D eigenvalue weighted by atomic mass is 9.80. The Balaban J connectivity index is 2.26. The van der Waals surface area contributed by atoms with Gasteiger partial charge in [0.05, 0.1) is 0 Å². The Hall–Kier alpha value is -0.960. The molecule has 1 aromatic rings. The van der Waals surface area contributed by atoms with E-state index in [1.165, 1.54) is 26.0 Å². The van der Waals surface area contributed by atoms with Crippen molar-refractivity contribution in [2.45, 2.75) is 50.2 Å². The Morgan fingerprint density at radius 1 is 1.41 bits per heavy atom. The monoisotopic (exact) mass is 239 g/mol. The largest absolute Gasteiger partial charge is 0.325 e. The van der Waals surface area contributed by atoms with Crippen molar-refractivity contribution in [3.8, 4) is 0 Å². The van der Waals surface area contributed by atoms with E-state index in [9.17, 15) is 8.78 Å². The highest BCUT2D eigenvalue weighted by molar-refractivity contribution is 5.25. The fraction of sp³-hybridized carbons (Fsp3) is 0.571. The number of hydrogen-bond acceptors (Lipinski definition) is 1. The second-order valence-corrected chi connectivity index (χ2v) is 5.74. The first kappa shape index (κ1) is 12.5. The molecule has 0 saturated heterocycles. The molecular formula is C14H19F2N. The Morgan fingerprint density at radius 2 is 2.06 bits per heavy atom. The molecule has 1 nitrogen and oxygen atoms in total. The topological polar surface area (TPSA) is 26.0 Å². The minimum absolute atomic E-state index is 0.236. The van der Waals surface area contributed by atoms with Crippen LogP contribution in [0.1, 0.15) is 44.6 Å². The molecule has 1 fully saturated rings. The van der Waals surface area contributed by atoms with Gasteiger partial charge in [0, 0.05) is 11.5 Å². The predicted octanol–water partition coefficient (Wildman–Crippen LogP) is 3.54. The van der Waals surface area contributed by atoms with Gasteiger partial charge in [-0.1, -0.05) is 12.1 Å². The molecule has 0 aromatic heterocycles. The molecule has 1 aliphatic carbocycles. The van der Waals surface area contributed by atoms with Crippen molar-refractivity contribution >= 4 is 0 Å². The third-order valence-electron chi connectivity index (χ3n) is 3.58. The number of hydrogen-bond donors (Lipinski definition) is 1. The first-order chi connectivity index (χ1) is 7.80. The van der Waals surface area contributed by atoms with Crippen molar-refractivity contribution in [1.82, 2.24) is 0 Å². The normalized spacial score (nSPS) is 20.1. The van der Waals surface area contributed by atoms with Gasteiger partial charge in [-0.2, -0.15) is 0 Å². The van der Waals surface area contributed by atoms with Crippen LogP contribution in [0.25, 0.3) is 0 Å². The lowest BCUT2D eigenvalue weighted by Gasteiger charge is -2.30. The second-order valence-electron chi connectivity index (χ2n) is 5.74. The maximum atomic E-state index is 14.3. The second kappa shape index (κ2) is 4.05. The van der Waals surface area contributed by atoms with Gasteiger partial charge in [0.15, 0.2) is 0 Å². The summed E-state index contributed by atoms with van der Waals surface area (Å²) in [5.74, 6) is -0.663. The molecule has 94 valence electrons. The number of rotatable bonds is 4. The summed E-state index contributed by atoms with van der Waals surface area (Å²) in [4.78, 5) is 0. The highest BCUT2D eigenvalue weighted by Gasteiger charge is 2.44. The van der Waals surface area contributed by atoms with Crippen LogP contribution in [0, 0.1) is 5.82 Å². The van der Waals surface area contributed by atoms with Gasteiger partial charge in [0.1, 0.15) is 11.5 Å². The lowest BCUT2D eigenvalue weighted by molar-refractivity contribution is 0.157. The van der Waals surface area contributed by atoms with E-state index in [-0.39, 0.29) is 17.3 Å². The minimum atomic E-state index is -1.39. The lowest BCUT2D eigenvalue weighted by Crippen LogP contribution is -2.33. The van der Waals surface area contributed by atoms with Gasteiger partial charge >= 0.3 is 0 Å². The summed E-state index contributed by atoms with van der Waals surface area (Å²) in [7, 11) is 0. The first-order valence-corrected chi connectivity index (χ1v) is 6.03. The summed E-state index contributed by atoms with van der Waals surface area (Å²) in [5, 5.41) is 0. The molecule has 0 spiro atoms. The zero-order chi connectivity index (χ0) is 12.7. The highest BCUT2D eigenvalue weighted by Crippen LogP contribution is 2.45. The number of benzene rings is 1. The average Bonchev–Trinajstić information content (AvgIpc) is 2.92. The Labute approximate surface area is 101 Å². The Kier molecular flexibility index (Phi) is 2.98. The van der Waals surface area contributed by atoms with Crippen LogP contribution in [0.5, 0.6) is 0 Å². The predicted molar refractivity (Wildman–Crippen MR) is 65.1 cm³/mol. The van der Waals surface area contributed by atoms with Crippen molar-refractivity contribution in [2.24, 2.45) is 5.73 Å². The molecule has 0 amide bonds. The molecule has 0 aliphatic heterocycles. The van der Waals surface area contributed by atoms with Crippen molar-refractivity contribution in [1.29, 1.82) is 0 Å². The maximum absolute atomic E-state index is 14.3. The molecule has 1 atom stereocenters. The van der Waals surface area contributed by atoms with Crippen LogP contribution in [0.3, 0.4) is 0 Å². The number of halogens is 2. The average molecular weight is 239 g/mol. The number of alkyl halides is 1. The summed E-state index contributed by atoms with van der Waals surface area (Å²) in [6.45, 7) is 3.07. The van der Waals surface area contributed by atoms with E-state index < -0.39 is 5.67 Å². The van der Waals surface area contributed by atoms with Gasteiger partial charge in [-0.05, 0) is 50.8 Å². The molecule has 3 heteroatoms. The van der Waals surface area contributed by atoms with Crippen LogP contribution in [0.15, 0.2) is 24.3 Å². The van der Waals surface area contributed by atoms with Crippen LogP contribution in [0.4, 0.5) is 8.78 Å². The molecule has 0 bridgehead atoms. The standard InChI is InChI=1S/C14H19F2N/c1-13(2,16)12(9-14(17)6-7-14)10-4-3-5-11(15)8-10/h3-5,8,12H,6-7,9,17H2,1-2H3. The van der Waals surface area contributed by atoms with Crippen LogP contribution in [0.2, 0.25) is 0 Å². The molecule has 2 N–H and O–H groups in total.